The Kier molecular flexibility index (Phi) is 4.95. The second-order valence-electron chi connectivity index (χ2n) is 4.78. The fraction of sp³-hybridized carbons (Fsp3) is 0.125. The number of nitrogens with zero attached hydrogens (tertiary/aromatic N) is 2. The Labute approximate surface area is 137 Å². The molecule has 0 fully saturated rings. The van der Waals surface area contributed by atoms with Gasteiger partial charge in [0.2, 0.25) is 0 Å². The van der Waals surface area contributed by atoms with Crippen molar-refractivity contribution in [2.24, 2.45) is 0 Å². The molecule has 0 aliphatic rings. The molecule has 4 nitrogen and oxygen atoms in total. The molecule has 0 spiro atoms. The van der Waals surface area contributed by atoms with Crippen LogP contribution < -0.4 is 4.90 Å². The van der Waals surface area contributed by atoms with Crippen molar-refractivity contribution in [1.29, 1.82) is 0 Å². The first kappa shape index (κ1) is 15.5. The first-order chi connectivity index (χ1) is 9.97. The Morgan fingerprint density at radius 3 is 2.29 bits per heavy atom. The number of nitro groups is 1. The molecule has 0 saturated carbocycles. The Bertz CT molecular complexity index is 679. The summed E-state index contributed by atoms with van der Waals surface area (Å²) in [5, 5.41) is 10.7. The van der Waals surface area contributed by atoms with Crippen LogP contribution in [0.5, 0.6) is 0 Å². The number of non-ortho nitro benzene ring substituents is 1. The van der Waals surface area contributed by atoms with Crippen LogP contribution in [0.3, 0.4) is 0 Å². The summed E-state index contributed by atoms with van der Waals surface area (Å²) in [6, 6.07) is 13.1. The molecule has 21 heavy (non-hydrogen) atoms. The van der Waals surface area contributed by atoms with Crippen LogP contribution in [0, 0.1) is 13.7 Å². The minimum Gasteiger partial charge on any atom is -0.378 e. The first-order valence-electron chi connectivity index (χ1n) is 6.37. The Balaban J connectivity index is 2.19. The lowest BCUT2D eigenvalue weighted by molar-refractivity contribution is -0.384. The van der Waals surface area contributed by atoms with E-state index in [4.69, 9.17) is 0 Å². The van der Waals surface area contributed by atoms with Crippen molar-refractivity contribution in [3.63, 3.8) is 0 Å². The van der Waals surface area contributed by atoms with Crippen molar-refractivity contribution in [2.45, 2.75) is 0 Å². The maximum atomic E-state index is 10.7. The summed E-state index contributed by atoms with van der Waals surface area (Å²) in [4.78, 5) is 12.4. The van der Waals surface area contributed by atoms with Gasteiger partial charge in [-0.15, -0.1) is 0 Å². The second-order valence-corrected chi connectivity index (χ2v) is 5.94. The van der Waals surface area contributed by atoms with Gasteiger partial charge in [-0.25, -0.2) is 0 Å². The molecule has 0 aliphatic heterocycles. The lowest BCUT2D eigenvalue weighted by Crippen LogP contribution is -2.07. The molecule has 0 unspecified atom stereocenters. The van der Waals surface area contributed by atoms with Crippen LogP contribution in [0.1, 0.15) is 11.1 Å². The molecule has 0 saturated heterocycles. The summed E-state index contributed by atoms with van der Waals surface area (Å²) in [5.74, 6) is 0. The molecule has 0 radical (unpaired) electrons. The van der Waals surface area contributed by atoms with Gasteiger partial charge in [-0.05, 0) is 51.9 Å². The predicted molar refractivity (Wildman–Crippen MR) is 95.5 cm³/mol. The van der Waals surface area contributed by atoms with Crippen LogP contribution in [0.2, 0.25) is 0 Å². The van der Waals surface area contributed by atoms with Crippen molar-refractivity contribution >= 4 is 46.1 Å². The molecule has 2 aromatic rings. The molecule has 0 aliphatic carbocycles. The van der Waals surface area contributed by atoms with Gasteiger partial charge < -0.3 is 4.90 Å². The van der Waals surface area contributed by atoms with Gasteiger partial charge >= 0.3 is 0 Å². The summed E-state index contributed by atoms with van der Waals surface area (Å²) >= 11 is 2.11. The van der Waals surface area contributed by atoms with Crippen LogP contribution in [0.4, 0.5) is 11.4 Å². The van der Waals surface area contributed by atoms with Crippen LogP contribution in [0.25, 0.3) is 12.2 Å². The fourth-order valence-electron chi connectivity index (χ4n) is 1.83. The van der Waals surface area contributed by atoms with Gasteiger partial charge in [0, 0.05) is 35.5 Å². The van der Waals surface area contributed by atoms with E-state index in [1.54, 1.807) is 12.1 Å². The zero-order valence-electron chi connectivity index (χ0n) is 11.8. The van der Waals surface area contributed by atoms with Crippen molar-refractivity contribution in [1.82, 2.24) is 0 Å². The second kappa shape index (κ2) is 6.71. The summed E-state index contributed by atoms with van der Waals surface area (Å²) in [6.07, 6.45) is 3.97. The Morgan fingerprint density at radius 2 is 1.76 bits per heavy atom. The monoisotopic (exact) mass is 394 g/mol. The average Bonchev–Trinajstić information content (AvgIpc) is 2.46. The molecule has 2 aromatic carbocycles. The highest BCUT2D eigenvalue weighted by molar-refractivity contribution is 14.1. The number of hydrogen-bond donors (Lipinski definition) is 0. The smallest absolute Gasteiger partial charge is 0.270 e. The van der Waals surface area contributed by atoms with E-state index in [2.05, 4.69) is 34.7 Å². The van der Waals surface area contributed by atoms with Crippen LogP contribution in [-0.4, -0.2) is 19.0 Å². The van der Waals surface area contributed by atoms with Gasteiger partial charge in [0.1, 0.15) is 0 Å². The summed E-state index contributed by atoms with van der Waals surface area (Å²) in [7, 11) is 4.01. The molecule has 0 N–H and O–H groups in total. The third kappa shape index (κ3) is 4.04. The fourth-order valence-corrected chi connectivity index (χ4v) is 2.51. The molecule has 0 bridgehead atoms. The molecule has 0 atom stereocenters. The van der Waals surface area contributed by atoms with Gasteiger partial charge in [-0.1, -0.05) is 24.3 Å². The zero-order valence-corrected chi connectivity index (χ0v) is 13.9. The minimum atomic E-state index is -0.379. The topological polar surface area (TPSA) is 46.4 Å². The average molecular weight is 394 g/mol. The standard InChI is InChI=1S/C16H15IN2O2/c1-18(2)14-8-4-12(5-9-14)3-6-13-7-10-15(19(20)21)11-16(13)17/h3-11H,1-2H3. The number of benzene rings is 2. The van der Waals surface area contributed by atoms with Gasteiger partial charge in [-0.3, -0.25) is 10.1 Å². The molecular formula is C16H15IN2O2. The van der Waals surface area contributed by atoms with Crippen molar-refractivity contribution in [2.75, 3.05) is 19.0 Å². The van der Waals surface area contributed by atoms with E-state index in [1.165, 1.54) is 6.07 Å². The highest BCUT2D eigenvalue weighted by atomic mass is 127. The van der Waals surface area contributed by atoms with Crippen molar-refractivity contribution < 1.29 is 4.92 Å². The molecule has 0 heterocycles. The maximum absolute atomic E-state index is 10.7. The summed E-state index contributed by atoms with van der Waals surface area (Å²) < 4.78 is 0.864. The Hall–Kier alpha value is -1.89. The van der Waals surface area contributed by atoms with Gasteiger partial charge in [0.15, 0.2) is 0 Å². The Morgan fingerprint density at radius 1 is 1.10 bits per heavy atom. The van der Waals surface area contributed by atoms with Gasteiger partial charge in [0.05, 0.1) is 4.92 Å². The summed E-state index contributed by atoms with van der Waals surface area (Å²) in [6.45, 7) is 0. The molecular weight excluding hydrogens is 379 g/mol. The number of nitro benzene ring substituents is 1. The summed E-state index contributed by atoms with van der Waals surface area (Å²) in [5.41, 5.74) is 3.33. The maximum Gasteiger partial charge on any atom is 0.270 e. The lowest BCUT2D eigenvalue weighted by Gasteiger charge is -2.11. The van der Waals surface area contributed by atoms with E-state index in [9.17, 15) is 10.1 Å². The van der Waals surface area contributed by atoms with E-state index in [1.807, 2.05) is 43.3 Å². The quantitative estimate of drug-likeness (QED) is 0.334. The van der Waals surface area contributed by atoms with E-state index in [0.29, 0.717) is 0 Å². The first-order valence-corrected chi connectivity index (χ1v) is 7.44. The van der Waals surface area contributed by atoms with Crippen LogP contribution in [-0.2, 0) is 0 Å². The third-order valence-electron chi connectivity index (χ3n) is 3.06. The minimum absolute atomic E-state index is 0.117. The number of halogens is 1. The highest BCUT2D eigenvalue weighted by Gasteiger charge is 2.07. The zero-order chi connectivity index (χ0) is 15.4. The molecule has 0 amide bonds. The molecule has 5 heteroatoms. The molecule has 108 valence electrons. The van der Waals surface area contributed by atoms with E-state index in [-0.39, 0.29) is 10.6 Å². The van der Waals surface area contributed by atoms with Crippen LogP contribution in [0.15, 0.2) is 42.5 Å². The SMILES string of the molecule is CN(C)c1ccc(C=Cc2ccc([N+](=O)[O-])cc2I)cc1. The number of rotatable bonds is 4. The van der Waals surface area contributed by atoms with E-state index in [0.717, 1.165) is 20.4 Å². The highest BCUT2D eigenvalue weighted by Crippen LogP contribution is 2.22. The van der Waals surface area contributed by atoms with Crippen molar-refractivity contribution in [3.05, 3.63) is 67.3 Å². The van der Waals surface area contributed by atoms with Crippen molar-refractivity contribution in [3.8, 4) is 0 Å². The number of anilines is 1. The van der Waals surface area contributed by atoms with E-state index < -0.39 is 0 Å². The predicted octanol–water partition coefficient (Wildman–Crippen LogP) is 4.44. The molecule has 0 aromatic heterocycles. The van der Waals surface area contributed by atoms with Gasteiger partial charge in [-0.2, -0.15) is 0 Å². The van der Waals surface area contributed by atoms with Crippen LogP contribution >= 0.6 is 22.6 Å². The molecule has 2 rings (SSSR count). The van der Waals surface area contributed by atoms with Gasteiger partial charge in [0.25, 0.3) is 5.69 Å². The number of hydrogen-bond acceptors (Lipinski definition) is 3. The largest absolute Gasteiger partial charge is 0.378 e. The van der Waals surface area contributed by atoms with E-state index >= 15 is 0 Å². The third-order valence-corrected chi connectivity index (χ3v) is 3.99. The normalized spacial score (nSPS) is 10.8. The lowest BCUT2D eigenvalue weighted by atomic mass is 10.1.